The van der Waals surface area contributed by atoms with Crippen LogP contribution in [0.25, 0.3) is 0 Å². The van der Waals surface area contributed by atoms with Crippen LogP contribution in [0, 0.1) is 5.92 Å². The summed E-state index contributed by atoms with van der Waals surface area (Å²) in [6.45, 7) is 0.842. The fraction of sp³-hybridized carbons (Fsp3) is 0.538. The number of halogens is 3. The molecular formula is C13H18F3N3. The van der Waals surface area contributed by atoms with Crippen LogP contribution in [-0.2, 0) is 0 Å². The van der Waals surface area contributed by atoms with Crippen LogP contribution in [0.1, 0.15) is 0 Å². The Hall–Kier alpha value is -1.43. The highest BCUT2D eigenvalue weighted by atomic mass is 19.4. The minimum atomic E-state index is -4.24. The number of nitrogens with two attached hydrogens (primary N) is 1. The smallest absolute Gasteiger partial charge is 0.371 e. The quantitative estimate of drug-likeness (QED) is 0.915. The fourth-order valence-electron chi connectivity index (χ4n) is 2.33. The van der Waals surface area contributed by atoms with Crippen molar-refractivity contribution in [2.24, 2.45) is 11.7 Å². The average molecular weight is 273 g/mol. The van der Waals surface area contributed by atoms with Crippen molar-refractivity contribution in [1.29, 1.82) is 0 Å². The van der Waals surface area contributed by atoms with Gasteiger partial charge in [0.05, 0.1) is 17.3 Å². The molecular weight excluding hydrogens is 255 g/mol. The molecule has 0 saturated heterocycles. The Morgan fingerprint density at radius 1 is 1.21 bits per heavy atom. The second-order valence-corrected chi connectivity index (χ2v) is 4.83. The summed E-state index contributed by atoms with van der Waals surface area (Å²) in [5, 5.41) is 0. The molecule has 6 heteroatoms. The largest absolute Gasteiger partial charge is 0.394 e. The molecule has 3 nitrogen and oxygen atoms in total. The number of rotatable bonds is 3. The zero-order valence-electron chi connectivity index (χ0n) is 10.8. The molecule has 1 aromatic carbocycles. The maximum atomic E-state index is 12.8. The highest BCUT2D eigenvalue weighted by Crippen LogP contribution is 2.34. The van der Waals surface area contributed by atoms with Gasteiger partial charge in [-0.15, -0.1) is 0 Å². The van der Waals surface area contributed by atoms with Crippen LogP contribution < -0.4 is 15.5 Å². The van der Waals surface area contributed by atoms with Crippen LogP contribution in [0.15, 0.2) is 24.3 Å². The first kappa shape index (κ1) is 14.0. The lowest BCUT2D eigenvalue weighted by atomic mass is 10.1. The molecule has 2 N–H and O–H groups in total. The summed E-state index contributed by atoms with van der Waals surface area (Å²) in [7, 11) is 1.94. The van der Waals surface area contributed by atoms with Crippen molar-refractivity contribution in [1.82, 2.24) is 0 Å². The van der Waals surface area contributed by atoms with Gasteiger partial charge in [-0.2, -0.15) is 13.2 Å². The summed E-state index contributed by atoms with van der Waals surface area (Å²) in [5.74, 6) is -1.48. The van der Waals surface area contributed by atoms with Gasteiger partial charge < -0.3 is 15.5 Å². The van der Waals surface area contributed by atoms with Gasteiger partial charge in [-0.25, -0.2) is 0 Å². The Morgan fingerprint density at radius 3 is 2.42 bits per heavy atom. The molecule has 0 aromatic heterocycles. The molecule has 0 bridgehead atoms. The fourth-order valence-corrected chi connectivity index (χ4v) is 2.33. The van der Waals surface area contributed by atoms with E-state index in [9.17, 15) is 13.2 Å². The Bertz CT molecular complexity index is 433. The van der Waals surface area contributed by atoms with E-state index in [0.29, 0.717) is 13.1 Å². The van der Waals surface area contributed by atoms with Crippen molar-refractivity contribution in [2.45, 2.75) is 6.18 Å². The van der Waals surface area contributed by atoms with E-state index in [0.717, 1.165) is 11.4 Å². The molecule has 19 heavy (non-hydrogen) atoms. The molecule has 0 fully saturated rings. The summed E-state index contributed by atoms with van der Waals surface area (Å²) in [5.41, 5.74) is 7.08. The molecule has 0 radical (unpaired) electrons. The molecule has 1 aromatic rings. The number of nitrogens with zero attached hydrogens (tertiary/aromatic N) is 2. The predicted molar refractivity (Wildman–Crippen MR) is 70.5 cm³/mol. The number of para-hydroxylation sites is 2. The second-order valence-electron chi connectivity index (χ2n) is 4.83. The van der Waals surface area contributed by atoms with Crippen LogP contribution in [0.5, 0.6) is 0 Å². The molecule has 0 saturated carbocycles. The van der Waals surface area contributed by atoms with Crippen molar-refractivity contribution in [3.05, 3.63) is 24.3 Å². The monoisotopic (exact) mass is 273 g/mol. The lowest BCUT2D eigenvalue weighted by Gasteiger charge is -2.38. The van der Waals surface area contributed by atoms with Gasteiger partial charge in [-0.1, -0.05) is 12.1 Å². The molecule has 0 spiro atoms. The minimum absolute atomic E-state index is 0.0785. The van der Waals surface area contributed by atoms with Crippen LogP contribution in [0.4, 0.5) is 24.5 Å². The van der Waals surface area contributed by atoms with Gasteiger partial charge in [0.2, 0.25) is 0 Å². The lowest BCUT2D eigenvalue weighted by molar-refractivity contribution is -0.169. The van der Waals surface area contributed by atoms with E-state index in [4.69, 9.17) is 5.73 Å². The van der Waals surface area contributed by atoms with Crippen molar-refractivity contribution in [3.63, 3.8) is 0 Å². The van der Waals surface area contributed by atoms with Crippen molar-refractivity contribution in [2.75, 3.05) is 43.0 Å². The maximum Gasteiger partial charge on any atom is 0.394 e. The van der Waals surface area contributed by atoms with Crippen LogP contribution in [0.2, 0.25) is 0 Å². The van der Waals surface area contributed by atoms with E-state index >= 15 is 0 Å². The maximum absolute atomic E-state index is 12.8. The SMILES string of the molecule is CN1CCN(CC(CN)C(F)(F)F)c2ccccc21. The molecule has 106 valence electrons. The van der Waals surface area contributed by atoms with Crippen molar-refractivity contribution >= 4 is 11.4 Å². The minimum Gasteiger partial charge on any atom is -0.371 e. The van der Waals surface area contributed by atoms with E-state index in [1.807, 2.05) is 31.3 Å². The molecule has 1 heterocycles. The number of hydrogen-bond donors (Lipinski definition) is 1. The van der Waals surface area contributed by atoms with E-state index in [1.54, 1.807) is 4.90 Å². The second kappa shape index (κ2) is 5.28. The number of alkyl halides is 3. The standard InChI is InChI=1S/C13H18F3N3/c1-18-6-7-19(9-10(8-17)13(14,15)16)12-5-3-2-4-11(12)18/h2-5,10H,6-9,17H2,1H3. The van der Waals surface area contributed by atoms with Gasteiger partial charge in [0.25, 0.3) is 0 Å². The van der Waals surface area contributed by atoms with E-state index in [2.05, 4.69) is 4.90 Å². The van der Waals surface area contributed by atoms with Crippen molar-refractivity contribution < 1.29 is 13.2 Å². The number of anilines is 2. The van der Waals surface area contributed by atoms with Crippen LogP contribution in [-0.4, -0.2) is 39.4 Å². The highest BCUT2D eigenvalue weighted by molar-refractivity contribution is 5.73. The van der Waals surface area contributed by atoms with Gasteiger partial charge in [0.1, 0.15) is 0 Å². The molecule has 2 rings (SSSR count). The first-order valence-corrected chi connectivity index (χ1v) is 6.25. The summed E-state index contributed by atoms with van der Waals surface area (Å²) in [6.07, 6.45) is -4.24. The molecule has 0 amide bonds. The molecule has 1 aliphatic heterocycles. The zero-order chi connectivity index (χ0) is 14.0. The molecule has 1 aliphatic rings. The third-order valence-electron chi connectivity index (χ3n) is 3.53. The third kappa shape index (κ3) is 2.94. The Balaban J connectivity index is 2.21. The summed E-state index contributed by atoms with van der Waals surface area (Å²) >= 11 is 0. The van der Waals surface area contributed by atoms with Gasteiger partial charge in [-0.3, -0.25) is 0 Å². The Morgan fingerprint density at radius 2 is 1.84 bits per heavy atom. The highest BCUT2D eigenvalue weighted by Gasteiger charge is 2.40. The Labute approximate surface area is 110 Å². The number of benzene rings is 1. The number of fused-ring (bicyclic) bond motifs is 1. The lowest BCUT2D eigenvalue weighted by Crippen LogP contribution is -2.46. The van der Waals surface area contributed by atoms with Crippen LogP contribution >= 0.6 is 0 Å². The number of hydrogen-bond acceptors (Lipinski definition) is 3. The number of likely N-dealkylation sites (N-methyl/N-ethyl adjacent to an activating group) is 1. The summed E-state index contributed by atoms with van der Waals surface area (Å²) < 4.78 is 38.4. The van der Waals surface area contributed by atoms with Gasteiger partial charge in [0, 0.05) is 33.2 Å². The van der Waals surface area contributed by atoms with E-state index in [1.165, 1.54) is 0 Å². The topological polar surface area (TPSA) is 32.5 Å². The molecule has 1 atom stereocenters. The first-order chi connectivity index (χ1) is 8.93. The summed E-state index contributed by atoms with van der Waals surface area (Å²) in [6, 6.07) is 7.51. The van der Waals surface area contributed by atoms with Gasteiger partial charge in [0.15, 0.2) is 0 Å². The van der Waals surface area contributed by atoms with Gasteiger partial charge in [-0.05, 0) is 12.1 Å². The summed E-state index contributed by atoms with van der Waals surface area (Å²) in [4.78, 5) is 3.83. The van der Waals surface area contributed by atoms with Crippen LogP contribution in [0.3, 0.4) is 0 Å². The average Bonchev–Trinajstić information content (AvgIpc) is 2.37. The van der Waals surface area contributed by atoms with E-state index < -0.39 is 12.1 Å². The zero-order valence-corrected chi connectivity index (χ0v) is 10.8. The van der Waals surface area contributed by atoms with Crippen molar-refractivity contribution in [3.8, 4) is 0 Å². The molecule has 0 aliphatic carbocycles. The normalized spacial score (nSPS) is 17.3. The molecule has 1 unspecified atom stereocenters. The Kier molecular flexibility index (Phi) is 3.89. The van der Waals surface area contributed by atoms with Gasteiger partial charge >= 0.3 is 6.18 Å². The first-order valence-electron chi connectivity index (χ1n) is 6.25. The van der Waals surface area contributed by atoms with E-state index in [-0.39, 0.29) is 13.1 Å². The predicted octanol–water partition coefficient (Wildman–Crippen LogP) is 2.08. The third-order valence-corrected chi connectivity index (χ3v) is 3.53.